The summed E-state index contributed by atoms with van der Waals surface area (Å²) in [6.45, 7) is 5.28. The van der Waals surface area contributed by atoms with Crippen molar-refractivity contribution in [2.45, 2.75) is 27.2 Å². The van der Waals surface area contributed by atoms with E-state index in [1.807, 2.05) is 36.6 Å². The summed E-state index contributed by atoms with van der Waals surface area (Å²) >= 11 is 1.49. The molecule has 2 aromatic rings. The van der Waals surface area contributed by atoms with Crippen molar-refractivity contribution in [2.75, 3.05) is 6.54 Å². The van der Waals surface area contributed by atoms with Crippen molar-refractivity contribution < 1.29 is 14.7 Å². The Kier molecular flexibility index (Phi) is 5.15. The molecular weight excluding hydrogens is 312 g/mol. The second-order valence-electron chi connectivity index (χ2n) is 6.15. The maximum absolute atomic E-state index is 11.9. The molecule has 0 unspecified atom stereocenters. The number of hydrogen-bond donors (Lipinski definition) is 2. The average molecular weight is 332 g/mol. The van der Waals surface area contributed by atoms with Crippen molar-refractivity contribution in [2.24, 2.45) is 5.41 Å². The Bertz CT molecular complexity index is 705. The second-order valence-corrected chi connectivity index (χ2v) is 7.01. The van der Waals surface area contributed by atoms with Gasteiger partial charge in [-0.15, -0.1) is 11.3 Å². The maximum atomic E-state index is 11.9. The van der Waals surface area contributed by atoms with Gasteiger partial charge >= 0.3 is 5.97 Å². The fourth-order valence-corrected chi connectivity index (χ4v) is 2.66. The standard InChI is InChI=1S/C17H20N2O3S/c1-11-4-6-12(7-5-11)15-19-13(9-23-15)8-14(20)18-10-17(2,3)16(21)22/h4-7,9H,8,10H2,1-3H3,(H,18,20)(H,21,22). The second kappa shape index (κ2) is 6.91. The third-order valence-corrected chi connectivity index (χ3v) is 4.44. The lowest BCUT2D eigenvalue weighted by molar-refractivity contribution is -0.146. The van der Waals surface area contributed by atoms with Gasteiger partial charge in [0.2, 0.25) is 5.91 Å². The fourth-order valence-electron chi connectivity index (χ4n) is 1.84. The normalized spacial score (nSPS) is 11.3. The number of carboxylic acid groups (broad SMARTS) is 1. The van der Waals surface area contributed by atoms with E-state index in [0.717, 1.165) is 10.6 Å². The van der Waals surface area contributed by atoms with E-state index >= 15 is 0 Å². The van der Waals surface area contributed by atoms with E-state index in [1.165, 1.54) is 16.9 Å². The Morgan fingerprint density at radius 1 is 1.26 bits per heavy atom. The number of carbonyl (C=O) groups excluding carboxylic acids is 1. The third kappa shape index (κ3) is 4.63. The lowest BCUT2D eigenvalue weighted by atomic mass is 9.94. The van der Waals surface area contributed by atoms with Crippen LogP contribution in [0.5, 0.6) is 0 Å². The smallest absolute Gasteiger partial charge is 0.310 e. The van der Waals surface area contributed by atoms with Crippen LogP contribution < -0.4 is 5.32 Å². The number of carbonyl (C=O) groups is 2. The number of amides is 1. The number of hydrogen-bond acceptors (Lipinski definition) is 4. The molecule has 1 heterocycles. The van der Waals surface area contributed by atoms with E-state index in [9.17, 15) is 9.59 Å². The molecular formula is C17H20N2O3S. The van der Waals surface area contributed by atoms with Gasteiger partial charge < -0.3 is 10.4 Å². The summed E-state index contributed by atoms with van der Waals surface area (Å²) in [5.74, 6) is -1.16. The summed E-state index contributed by atoms with van der Waals surface area (Å²) in [5.41, 5.74) is 1.92. The van der Waals surface area contributed by atoms with Crippen LogP contribution in [0.15, 0.2) is 29.6 Å². The Balaban J connectivity index is 1.95. The SMILES string of the molecule is Cc1ccc(-c2nc(CC(=O)NCC(C)(C)C(=O)O)cs2)cc1. The first-order chi connectivity index (χ1) is 10.8. The van der Waals surface area contributed by atoms with E-state index in [1.54, 1.807) is 13.8 Å². The lowest BCUT2D eigenvalue weighted by Crippen LogP contribution is -2.39. The molecule has 2 N–H and O–H groups in total. The van der Waals surface area contributed by atoms with Gasteiger partial charge in [0.1, 0.15) is 5.01 Å². The van der Waals surface area contributed by atoms with Gasteiger partial charge in [0.25, 0.3) is 0 Å². The van der Waals surface area contributed by atoms with Gasteiger partial charge in [0, 0.05) is 17.5 Å². The molecule has 2 rings (SSSR count). The zero-order chi connectivity index (χ0) is 17.0. The number of aromatic nitrogens is 1. The van der Waals surface area contributed by atoms with Crippen molar-refractivity contribution in [3.63, 3.8) is 0 Å². The molecule has 1 aromatic carbocycles. The van der Waals surface area contributed by atoms with Gasteiger partial charge in [-0.2, -0.15) is 0 Å². The summed E-state index contributed by atoms with van der Waals surface area (Å²) in [4.78, 5) is 27.4. The van der Waals surface area contributed by atoms with Crippen LogP contribution in [0, 0.1) is 12.3 Å². The van der Waals surface area contributed by atoms with Crippen LogP contribution in [0.25, 0.3) is 10.6 Å². The Labute approximate surface area is 139 Å². The van der Waals surface area contributed by atoms with Gasteiger partial charge in [0.05, 0.1) is 17.5 Å². The highest BCUT2D eigenvalue weighted by Gasteiger charge is 2.27. The number of carboxylic acids is 1. The number of benzene rings is 1. The van der Waals surface area contributed by atoms with Crippen LogP contribution in [-0.4, -0.2) is 28.5 Å². The number of thiazole rings is 1. The van der Waals surface area contributed by atoms with Crippen LogP contribution >= 0.6 is 11.3 Å². The van der Waals surface area contributed by atoms with Gasteiger partial charge in [-0.25, -0.2) is 4.98 Å². The quantitative estimate of drug-likeness (QED) is 0.852. The molecule has 6 heteroatoms. The predicted octanol–water partition coefficient (Wildman–Crippen LogP) is 2.89. The Morgan fingerprint density at radius 3 is 2.52 bits per heavy atom. The summed E-state index contributed by atoms with van der Waals surface area (Å²) < 4.78 is 0. The summed E-state index contributed by atoms with van der Waals surface area (Å²) in [5, 5.41) is 14.4. The first kappa shape index (κ1) is 17.1. The molecule has 0 aliphatic heterocycles. The molecule has 0 bridgehead atoms. The molecule has 0 saturated carbocycles. The molecule has 5 nitrogen and oxygen atoms in total. The molecule has 0 spiro atoms. The number of nitrogens with one attached hydrogen (secondary N) is 1. The van der Waals surface area contributed by atoms with E-state index in [-0.39, 0.29) is 18.9 Å². The van der Waals surface area contributed by atoms with E-state index < -0.39 is 11.4 Å². The van der Waals surface area contributed by atoms with Crippen molar-refractivity contribution in [1.29, 1.82) is 0 Å². The van der Waals surface area contributed by atoms with Gasteiger partial charge in [-0.1, -0.05) is 29.8 Å². The maximum Gasteiger partial charge on any atom is 0.310 e. The van der Waals surface area contributed by atoms with Crippen LogP contribution in [-0.2, 0) is 16.0 Å². The van der Waals surface area contributed by atoms with Crippen LogP contribution in [0.2, 0.25) is 0 Å². The van der Waals surface area contributed by atoms with E-state index in [2.05, 4.69) is 10.3 Å². The Morgan fingerprint density at radius 2 is 1.91 bits per heavy atom. The molecule has 0 saturated heterocycles. The van der Waals surface area contributed by atoms with Crippen LogP contribution in [0.1, 0.15) is 25.1 Å². The summed E-state index contributed by atoms with van der Waals surface area (Å²) in [6, 6.07) is 8.06. The minimum Gasteiger partial charge on any atom is -0.481 e. The van der Waals surface area contributed by atoms with E-state index in [4.69, 9.17) is 5.11 Å². The molecule has 0 aliphatic carbocycles. The van der Waals surface area contributed by atoms with Crippen LogP contribution in [0.3, 0.4) is 0 Å². The van der Waals surface area contributed by atoms with Gasteiger partial charge in [-0.05, 0) is 20.8 Å². The van der Waals surface area contributed by atoms with Gasteiger partial charge in [0.15, 0.2) is 0 Å². The molecule has 23 heavy (non-hydrogen) atoms. The number of aliphatic carboxylic acids is 1. The summed E-state index contributed by atoms with van der Waals surface area (Å²) in [7, 11) is 0. The van der Waals surface area contributed by atoms with Crippen molar-refractivity contribution in [3.8, 4) is 10.6 Å². The highest BCUT2D eigenvalue weighted by atomic mass is 32.1. The monoisotopic (exact) mass is 332 g/mol. The molecule has 1 aromatic heterocycles. The van der Waals surface area contributed by atoms with Gasteiger partial charge in [-0.3, -0.25) is 9.59 Å². The first-order valence-electron chi connectivity index (χ1n) is 7.29. The highest BCUT2D eigenvalue weighted by molar-refractivity contribution is 7.13. The third-order valence-electron chi connectivity index (χ3n) is 3.50. The van der Waals surface area contributed by atoms with Crippen molar-refractivity contribution >= 4 is 23.2 Å². The minimum atomic E-state index is -0.981. The Hall–Kier alpha value is -2.21. The van der Waals surface area contributed by atoms with E-state index in [0.29, 0.717) is 5.69 Å². The van der Waals surface area contributed by atoms with Crippen molar-refractivity contribution in [1.82, 2.24) is 10.3 Å². The highest BCUT2D eigenvalue weighted by Crippen LogP contribution is 2.24. The number of nitrogens with zero attached hydrogens (tertiary/aromatic N) is 1. The number of aryl methyl sites for hydroxylation is 1. The molecule has 122 valence electrons. The van der Waals surface area contributed by atoms with Crippen LogP contribution in [0.4, 0.5) is 0 Å². The topological polar surface area (TPSA) is 79.3 Å². The molecule has 0 aliphatic rings. The zero-order valence-electron chi connectivity index (χ0n) is 13.4. The molecule has 0 fully saturated rings. The fraction of sp³-hybridized carbons (Fsp3) is 0.353. The molecule has 1 amide bonds. The average Bonchev–Trinajstić information content (AvgIpc) is 2.94. The largest absolute Gasteiger partial charge is 0.481 e. The summed E-state index contributed by atoms with van der Waals surface area (Å²) in [6.07, 6.45) is 0.151. The predicted molar refractivity (Wildman–Crippen MR) is 90.4 cm³/mol. The minimum absolute atomic E-state index is 0.0934. The molecule has 0 atom stereocenters. The molecule has 0 radical (unpaired) electrons. The van der Waals surface area contributed by atoms with Crippen molar-refractivity contribution in [3.05, 3.63) is 40.9 Å². The zero-order valence-corrected chi connectivity index (χ0v) is 14.2. The lowest BCUT2D eigenvalue weighted by Gasteiger charge is -2.19. The first-order valence-corrected chi connectivity index (χ1v) is 8.17. The number of rotatable bonds is 6.